The number of methoxy groups -OCH3 is 1. The number of H-pyrrole nitrogens is 1. The van der Waals surface area contributed by atoms with Gasteiger partial charge in [-0.3, -0.25) is 15.0 Å². The summed E-state index contributed by atoms with van der Waals surface area (Å²) < 4.78 is 5.52. The van der Waals surface area contributed by atoms with Crippen LogP contribution in [0.5, 0.6) is 0 Å². The molecule has 0 amide bonds. The average Bonchev–Trinajstić information content (AvgIpc) is 3.07. The smallest absolute Gasteiger partial charge is 0.167 e. The maximum Gasteiger partial charge on any atom is 0.167 e. The molecule has 1 fully saturated rings. The minimum absolute atomic E-state index is 0.143. The Bertz CT molecular complexity index is 617. The van der Waals surface area contributed by atoms with E-state index in [1.54, 1.807) is 19.5 Å². The molecule has 6 nitrogen and oxygen atoms in total. The van der Waals surface area contributed by atoms with E-state index >= 15 is 0 Å². The highest BCUT2D eigenvalue weighted by molar-refractivity contribution is 6.31. The largest absolute Gasteiger partial charge is 0.380 e. The summed E-state index contributed by atoms with van der Waals surface area (Å²) in [5.41, 5.74) is 1.06. The summed E-state index contributed by atoms with van der Waals surface area (Å²) in [6.07, 6.45) is 4.51. The summed E-state index contributed by atoms with van der Waals surface area (Å²) >= 11 is 6.21. The molecule has 0 radical (unpaired) electrons. The third-order valence-electron chi connectivity index (χ3n) is 3.84. The lowest BCUT2D eigenvalue weighted by Gasteiger charge is -2.22. The number of aromatic nitrogens is 4. The maximum absolute atomic E-state index is 6.21. The van der Waals surface area contributed by atoms with E-state index in [9.17, 15) is 0 Å². The summed E-state index contributed by atoms with van der Waals surface area (Å²) in [4.78, 5) is 10.8. The molecular weight excluding hydrogens is 290 g/mol. The van der Waals surface area contributed by atoms with E-state index in [1.807, 2.05) is 13.0 Å². The van der Waals surface area contributed by atoms with Crippen molar-refractivity contribution >= 4 is 11.6 Å². The van der Waals surface area contributed by atoms with Gasteiger partial charge in [-0.15, -0.1) is 0 Å². The van der Waals surface area contributed by atoms with Crippen LogP contribution in [0.3, 0.4) is 0 Å². The molecule has 0 spiro atoms. The number of halogens is 1. The molecule has 0 aliphatic carbocycles. The summed E-state index contributed by atoms with van der Waals surface area (Å²) in [5.74, 6) is 1.64. The number of hydrogen-bond donors (Lipinski definition) is 1. The molecule has 112 valence electrons. The summed E-state index contributed by atoms with van der Waals surface area (Å²) in [6.45, 7) is 3.48. The Hall–Kier alpha value is -1.50. The molecule has 0 bridgehead atoms. The molecule has 7 heteroatoms. The zero-order valence-electron chi connectivity index (χ0n) is 12.1. The van der Waals surface area contributed by atoms with Crippen LogP contribution in [-0.2, 0) is 11.3 Å². The zero-order chi connectivity index (χ0) is 14.8. The SMILES string of the molecule is CO[C@@H]1C[C@@H](c2n[nH]c(C)n2)N(Cc2ccncc2Cl)C1. The molecule has 0 aromatic carbocycles. The maximum atomic E-state index is 6.21. The number of rotatable bonds is 4. The molecule has 3 rings (SSSR count). The molecule has 3 heterocycles. The Morgan fingerprint density at radius 2 is 2.38 bits per heavy atom. The number of likely N-dealkylation sites (tertiary alicyclic amines) is 1. The lowest BCUT2D eigenvalue weighted by atomic mass is 10.1. The van der Waals surface area contributed by atoms with Crippen molar-refractivity contribution < 1.29 is 4.74 Å². The van der Waals surface area contributed by atoms with Crippen LogP contribution in [0.1, 0.15) is 29.7 Å². The number of aromatic amines is 1. The Morgan fingerprint density at radius 1 is 1.52 bits per heavy atom. The van der Waals surface area contributed by atoms with Crippen LogP contribution in [0.2, 0.25) is 5.02 Å². The fraction of sp³-hybridized carbons (Fsp3) is 0.500. The molecule has 2 aromatic heterocycles. The van der Waals surface area contributed by atoms with E-state index in [2.05, 4.69) is 25.1 Å². The van der Waals surface area contributed by atoms with Gasteiger partial charge >= 0.3 is 0 Å². The second kappa shape index (κ2) is 6.09. The molecule has 0 unspecified atom stereocenters. The van der Waals surface area contributed by atoms with Crippen molar-refractivity contribution in [3.8, 4) is 0 Å². The van der Waals surface area contributed by atoms with Crippen LogP contribution in [0, 0.1) is 6.92 Å². The third kappa shape index (κ3) is 3.07. The fourth-order valence-electron chi connectivity index (χ4n) is 2.74. The molecule has 1 saturated heterocycles. The quantitative estimate of drug-likeness (QED) is 0.937. The van der Waals surface area contributed by atoms with Crippen molar-refractivity contribution in [2.75, 3.05) is 13.7 Å². The third-order valence-corrected chi connectivity index (χ3v) is 4.18. The minimum Gasteiger partial charge on any atom is -0.380 e. The number of nitrogens with one attached hydrogen (secondary N) is 1. The second-order valence-electron chi connectivity index (χ2n) is 5.28. The zero-order valence-corrected chi connectivity index (χ0v) is 12.8. The Labute approximate surface area is 128 Å². The fourth-order valence-corrected chi connectivity index (χ4v) is 2.91. The molecule has 1 N–H and O–H groups in total. The lowest BCUT2D eigenvalue weighted by molar-refractivity contribution is 0.107. The standard InChI is InChI=1S/C14H18ClN5O/c1-9-17-14(19-18-9)13-5-11(21-2)8-20(13)7-10-3-4-16-6-12(10)15/h3-4,6,11,13H,5,7-8H2,1-2H3,(H,17,18,19)/t11-,13+/m1/s1. The highest BCUT2D eigenvalue weighted by atomic mass is 35.5. The van der Waals surface area contributed by atoms with Gasteiger partial charge in [-0.05, 0) is 25.0 Å². The van der Waals surface area contributed by atoms with Gasteiger partial charge in [0.15, 0.2) is 5.82 Å². The van der Waals surface area contributed by atoms with Gasteiger partial charge in [0.1, 0.15) is 5.82 Å². The van der Waals surface area contributed by atoms with Crippen molar-refractivity contribution in [2.45, 2.75) is 32.0 Å². The number of ether oxygens (including phenoxy) is 1. The van der Waals surface area contributed by atoms with Gasteiger partial charge in [0.25, 0.3) is 0 Å². The summed E-state index contributed by atoms with van der Waals surface area (Å²) in [6, 6.07) is 2.09. The highest BCUT2D eigenvalue weighted by Gasteiger charge is 2.35. The van der Waals surface area contributed by atoms with Crippen LogP contribution in [0.25, 0.3) is 0 Å². The van der Waals surface area contributed by atoms with E-state index in [0.717, 1.165) is 36.7 Å². The molecule has 0 saturated carbocycles. The number of aryl methyl sites for hydroxylation is 1. The van der Waals surface area contributed by atoms with Crippen LogP contribution in [-0.4, -0.2) is 44.8 Å². The van der Waals surface area contributed by atoms with Gasteiger partial charge < -0.3 is 4.74 Å². The van der Waals surface area contributed by atoms with Gasteiger partial charge in [0, 0.05) is 32.6 Å². The van der Waals surface area contributed by atoms with Crippen LogP contribution >= 0.6 is 11.6 Å². The average molecular weight is 308 g/mol. The number of pyridine rings is 1. The van der Waals surface area contributed by atoms with E-state index in [-0.39, 0.29) is 12.1 Å². The van der Waals surface area contributed by atoms with E-state index in [1.165, 1.54) is 0 Å². The predicted molar refractivity (Wildman–Crippen MR) is 78.9 cm³/mol. The van der Waals surface area contributed by atoms with Gasteiger partial charge in [-0.25, -0.2) is 4.98 Å². The van der Waals surface area contributed by atoms with Gasteiger partial charge in [-0.2, -0.15) is 5.10 Å². The Balaban J connectivity index is 1.82. The first-order chi connectivity index (χ1) is 10.2. The predicted octanol–water partition coefficient (Wildman–Crippen LogP) is 2.12. The number of hydrogen-bond acceptors (Lipinski definition) is 5. The molecular formula is C14H18ClN5O. The van der Waals surface area contributed by atoms with Crippen LogP contribution in [0.4, 0.5) is 0 Å². The first-order valence-corrected chi connectivity index (χ1v) is 7.29. The molecule has 2 aromatic rings. The van der Waals surface area contributed by atoms with Crippen molar-refractivity contribution in [3.63, 3.8) is 0 Å². The van der Waals surface area contributed by atoms with E-state index in [4.69, 9.17) is 16.3 Å². The van der Waals surface area contributed by atoms with Crippen molar-refractivity contribution in [1.82, 2.24) is 25.1 Å². The second-order valence-corrected chi connectivity index (χ2v) is 5.69. The van der Waals surface area contributed by atoms with Crippen LogP contribution in [0.15, 0.2) is 18.5 Å². The normalized spacial score (nSPS) is 22.8. The van der Waals surface area contributed by atoms with Crippen molar-refractivity contribution in [2.24, 2.45) is 0 Å². The molecule has 1 aliphatic heterocycles. The summed E-state index contributed by atoms with van der Waals surface area (Å²) in [7, 11) is 1.74. The number of nitrogens with zero attached hydrogens (tertiary/aromatic N) is 4. The Kier molecular flexibility index (Phi) is 4.19. The Morgan fingerprint density at radius 3 is 3.05 bits per heavy atom. The van der Waals surface area contributed by atoms with E-state index in [0.29, 0.717) is 5.02 Å². The minimum atomic E-state index is 0.143. The molecule has 1 aliphatic rings. The molecule has 2 atom stereocenters. The van der Waals surface area contributed by atoms with Gasteiger partial charge in [0.2, 0.25) is 0 Å². The first kappa shape index (κ1) is 14.4. The van der Waals surface area contributed by atoms with Crippen molar-refractivity contribution in [1.29, 1.82) is 0 Å². The lowest BCUT2D eigenvalue weighted by Crippen LogP contribution is -2.25. The van der Waals surface area contributed by atoms with Gasteiger partial charge in [0.05, 0.1) is 17.2 Å². The monoisotopic (exact) mass is 307 g/mol. The van der Waals surface area contributed by atoms with Crippen molar-refractivity contribution in [3.05, 3.63) is 40.7 Å². The highest BCUT2D eigenvalue weighted by Crippen LogP contribution is 2.33. The topological polar surface area (TPSA) is 66.9 Å². The summed E-state index contributed by atoms with van der Waals surface area (Å²) in [5, 5.41) is 7.90. The first-order valence-electron chi connectivity index (χ1n) is 6.91. The molecule has 21 heavy (non-hydrogen) atoms. The van der Waals surface area contributed by atoms with E-state index < -0.39 is 0 Å². The van der Waals surface area contributed by atoms with Crippen LogP contribution < -0.4 is 0 Å². The van der Waals surface area contributed by atoms with Gasteiger partial charge in [-0.1, -0.05) is 11.6 Å².